The zero-order chi connectivity index (χ0) is 19.7. The fourth-order valence-electron chi connectivity index (χ4n) is 5.53. The first-order chi connectivity index (χ1) is 14.2. The minimum Gasteiger partial charge on any atom is -0.455 e. The zero-order valence-electron chi connectivity index (χ0n) is 15.4. The van der Waals surface area contributed by atoms with E-state index in [0.29, 0.717) is 34.5 Å². The van der Waals surface area contributed by atoms with Gasteiger partial charge >= 0.3 is 0 Å². The molecule has 2 saturated carbocycles. The molecule has 2 aromatic rings. The molecule has 5 aliphatic rings. The average molecular weight is 383 g/mol. The van der Waals surface area contributed by atoms with Crippen molar-refractivity contribution in [2.75, 3.05) is 0 Å². The van der Waals surface area contributed by atoms with Crippen LogP contribution in [-0.4, -0.2) is 23.0 Å². The summed E-state index contributed by atoms with van der Waals surface area (Å²) in [4.78, 5) is 25.9. The van der Waals surface area contributed by atoms with Crippen LogP contribution in [0.5, 0.6) is 0 Å². The van der Waals surface area contributed by atoms with Crippen LogP contribution in [0.25, 0.3) is 11.3 Å². The first-order valence-electron chi connectivity index (χ1n) is 9.87. The van der Waals surface area contributed by atoms with Gasteiger partial charge < -0.3 is 4.42 Å². The first-order valence-corrected chi connectivity index (χ1v) is 9.87. The number of imide groups is 1. The van der Waals surface area contributed by atoms with Gasteiger partial charge in [-0.1, -0.05) is 24.3 Å². The molecule has 0 spiro atoms. The van der Waals surface area contributed by atoms with E-state index in [0.717, 1.165) is 11.4 Å². The largest absolute Gasteiger partial charge is 0.455 e. The molecular formula is C23H17N3O3. The average Bonchev–Trinajstić information content (AvgIpc) is 3.39. The molecule has 6 nitrogen and oxygen atoms in total. The molecule has 0 unspecified atom stereocenters. The number of carbonyl (C=O) groups excluding carboxylic acids is 2. The van der Waals surface area contributed by atoms with Gasteiger partial charge in [-0.05, 0) is 54.4 Å². The predicted octanol–water partition coefficient (Wildman–Crippen LogP) is 3.21. The van der Waals surface area contributed by atoms with E-state index in [-0.39, 0.29) is 35.5 Å². The van der Waals surface area contributed by atoms with E-state index in [4.69, 9.17) is 4.42 Å². The Morgan fingerprint density at radius 1 is 1.03 bits per heavy atom. The minimum absolute atomic E-state index is 0.185. The summed E-state index contributed by atoms with van der Waals surface area (Å²) in [7, 11) is 0. The molecule has 6 heteroatoms. The van der Waals surface area contributed by atoms with Gasteiger partial charge in [0, 0.05) is 5.56 Å². The van der Waals surface area contributed by atoms with Crippen LogP contribution in [0.4, 0.5) is 0 Å². The molecule has 1 saturated heterocycles. The van der Waals surface area contributed by atoms with Crippen LogP contribution in [0, 0.1) is 46.8 Å². The molecule has 7 rings (SSSR count). The van der Waals surface area contributed by atoms with Crippen molar-refractivity contribution in [3.05, 3.63) is 59.9 Å². The fourth-order valence-corrected chi connectivity index (χ4v) is 5.53. The number of nitrogens with zero attached hydrogens (tertiary/aromatic N) is 3. The van der Waals surface area contributed by atoms with Crippen LogP contribution in [0.1, 0.15) is 17.7 Å². The molecule has 3 fully saturated rings. The summed E-state index contributed by atoms with van der Waals surface area (Å²) in [6, 6.07) is 12.8. The minimum atomic E-state index is -0.256. The van der Waals surface area contributed by atoms with Crippen molar-refractivity contribution in [3.63, 3.8) is 0 Å². The topological polar surface area (TPSA) is 86.7 Å². The van der Waals surface area contributed by atoms with Crippen molar-refractivity contribution in [1.82, 2.24) is 5.01 Å². The number of rotatable bonds is 3. The van der Waals surface area contributed by atoms with Crippen LogP contribution < -0.4 is 0 Å². The van der Waals surface area contributed by atoms with Gasteiger partial charge in [-0.3, -0.25) is 9.59 Å². The highest BCUT2D eigenvalue weighted by molar-refractivity contribution is 6.06. The summed E-state index contributed by atoms with van der Waals surface area (Å²) in [5, 5.41) is 14.5. The maximum absolute atomic E-state index is 12.9. The molecule has 1 aromatic heterocycles. The second-order valence-electron chi connectivity index (χ2n) is 8.25. The lowest BCUT2D eigenvalue weighted by Gasteiger charge is -2.37. The summed E-state index contributed by atoms with van der Waals surface area (Å²) in [6.45, 7) is 0. The summed E-state index contributed by atoms with van der Waals surface area (Å²) in [5.74, 6) is 1.57. The van der Waals surface area contributed by atoms with Gasteiger partial charge in [0.1, 0.15) is 11.5 Å². The van der Waals surface area contributed by atoms with Crippen molar-refractivity contribution >= 4 is 18.0 Å². The summed E-state index contributed by atoms with van der Waals surface area (Å²) in [5.41, 5.74) is 1.21. The standard InChI is InChI=1S/C23H17N3O3/c24-10-12-3-1-2-4-14(12)19-8-5-13(29-19)11-25-26-22(27)20-15-6-7-16(18-9-17(15)18)21(20)23(26)28/h1-8,11,15-18,20-21H,9H2/b25-11-/t15-,16-,17-,18+,20+,21-/m1/s1. The number of carbonyl (C=O) groups is 2. The van der Waals surface area contributed by atoms with Crippen molar-refractivity contribution in [2.45, 2.75) is 6.42 Å². The molecule has 0 N–H and O–H groups in total. The Labute approximate surface area is 167 Å². The third-order valence-corrected chi connectivity index (χ3v) is 6.88. The predicted molar refractivity (Wildman–Crippen MR) is 103 cm³/mol. The van der Waals surface area contributed by atoms with Crippen molar-refractivity contribution in [2.24, 2.45) is 40.6 Å². The SMILES string of the molecule is N#Cc1ccccc1-c1ccc(/C=N\N2C(=O)[C@@H]3[C@@H]4C=C[C@H]([C@H]5C[C@@H]45)[C@@H]3C2=O)o1. The molecule has 1 aliphatic heterocycles. The normalized spacial score (nSPS) is 33.8. The Morgan fingerprint density at radius 3 is 2.41 bits per heavy atom. The summed E-state index contributed by atoms with van der Waals surface area (Å²) >= 11 is 0. The van der Waals surface area contributed by atoms with Crippen molar-refractivity contribution in [3.8, 4) is 17.4 Å². The number of hydrogen-bond donors (Lipinski definition) is 0. The second-order valence-corrected chi connectivity index (χ2v) is 8.25. The number of nitriles is 1. The molecule has 1 aromatic carbocycles. The molecular weight excluding hydrogens is 366 g/mol. The van der Waals surface area contributed by atoms with E-state index in [1.54, 1.807) is 24.3 Å². The van der Waals surface area contributed by atoms with E-state index < -0.39 is 0 Å². The van der Waals surface area contributed by atoms with Crippen LogP contribution in [0.15, 0.2) is 58.1 Å². The molecule has 2 amide bonds. The fraction of sp³-hybridized carbons (Fsp3) is 0.304. The Bertz CT molecular complexity index is 1120. The number of benzene rings is 1. The van der Waals surface area contributed by atoms with E-state index in [1.807, 2.05) is 12.1 Å². The Kier molecular flexibility index (Phi) is 3.28. The Morgan fingerprint density at radius 2 is 1.72 bits per heavy atom. The smallest absolute Gasteiger partial charge is 0.254 e. The number of amides is 2. The quantitative estimate of drug-likeness (QED) is 0.463. The van der Waals surface area contributed by atoms with Gasteiger partial charge in [-0.25, -0.2) is 0 Å². The van der Waals surface area contributed by atoms with E-state index >= 15 is 0 Å². The van der Waals surface area contributed by atoms with E-state index in [2.05, 4.69) is 23.3 Å². The number of hydrazone groups is 1. The Hall–Kier alpha value is -3.46. The van der Waals surface area contributed by atoms with Gasteiger partial charge in [-0.15, -0.1) is 0 Å². The molecule has 29 heavy (non-hydrogen) atoms. The lowest BCUT2D eigenvalue weighted by molar-refractivity contribution is -0.140. The van der Waals surface area contributed by atoms with E-state index in [9.17, 15) is 14.9 Å². The lowest BCUT2D eigenvalue weighted by Crippen LogP contribution is -2.40. The molecule has 142 valence electrons. The maximum Gasteiger partial charge on any atom is 0.254 e. The van der Waals surface area contributed by atoms with Gasteiger partial charge in [0.2, 0.25) is 0 Å². The molecule has 2 heterocycles. The van der Waals surface area contributed by atoms with Crippen LogP contribution >= 0.6 is 0 Å². The third kappa shape index (κ3) is 2.24. The van der Waals surface area contributed by atoms with Gasteiger partial charge in [-0.2, -0.15) is 15.4 Å². The van der Waals surface area contributed by atoms with Crippen LogP contribution in [0.2, 0.25) is 0 Å². The molecule has 2 bridgehead atoms. The third-order valence-electron chi connectivity index (χ3n) is 6.88. The molecule has 6 atom stereocenters. The van der Waals surface area contributed by atoms with Gasteiger partial charge in [0.25, 0.3) is 11.8 Å². The number of allylic oxidation sites excluding steroid dienone is 2. The summed E-state index contributed by atoms with van der Waals surface area (Å²) < 4.78 is 5.78. The van der Waals surface area contributed by atoms with E-state index in [1.165, 1.54) is 6.21 Å². The molecule has 0 radical (unpaired) electrons. The molecule has 4 aliphatic carbocycles. The van der Waals surface area contributed by atoms with Crippen LogP contribution in [-0.2, 0) is 9.59 Å². The zero-order valence-corrected chi connectivity index (χ0v) is 15.4. The van der Waals surface area contributed by atoms with Gasteiger partial charge in [0.05, 0.1) is 29.7 Å². The number of furan rings is 1. The Balaban J connectivity index is 1.26. The number of hydrogen-bond acceptors (Lipinski definition) is 5. The van der Waals surface area contributed by atoms with Crippen molar-refractivity contribution in [1.29, 1.82) is 5.26 Å². The highest BCUT2D eigenvalue weighted by Gasteiger charge is 2.67. The highest BCUT2D eigenvalue weighted by Crippen LogP contribution is 2.65. The van der Waals surface area contributed by atoms with Crippen molar-refractivity contribution < 1.29 is 14.0 Å². The highest BCUT2D eigenvalue weighted by atomic mass is 16.3. The first kappa shape index (κ1) is 16.5. The van der Waals surface area contributed by atoms with Gasteiger partial charge in [0.15, 0.2) is 0 Å². The summed E-state index contributed by atoms with van der Waals surface area (Å²) in [6.07, 6.45) is 6.83. The monoisotopic (exact) mass is 383 g/mol. The van der Waals surface area contributed by atoms with Crippen LogP contribution in [0.3, 0.4) is 0 Å². The second kappa shape index (κ2) is 5.77. The maximum atomic E-state index is 12.9. The lowest BCUT2D eigenvalue weighted by atomic mass is 9.63.